The van der Waals surface area contributed by atoms with Crippen LogP contribution in [0.1, 0.15) is 29.6 Å². The van der Waals surface area contributed by atoms with Crippen LogP contribution < -0.4 is 0 Å². The highest BCUT2D eigenvalue weighted by molar-refractivity contribution is 5.98. The summed E-state index contributed by atoms with van der Waals surface area (Å²) in [5, 5.41) is 18.7. The Kier molecular flexibility index (Phi) is 3.19. The monoisotopic (exact) mass is 261 g/mol. The lowest BCUT2D eigenvalue weighted by Crippen LogP contribution is -2.28. The number of carbonyl (C=O) groups is 1. The van der Waals surface area contributed by atoms with Crippen LogP contribution in [0.25, 0.3) is 0 Å². The third-order valence-corrected chi connectivity index (χ3v) is 4.47. The van der Waals surface area contributed by atoms with Gasteiger partial charge in [0.05, 0.1) is 6.54 Å². The van der Waals surface area contributed by atoms with Gasteiger partial charge in [-0.2, -0.15) is 0 Å². The molecule has 2 aliphatic rings. The molecule has 0 radical (unpaired) electrons. The molecule has 4 heteroatoms. The van der Waals surface area contributed by atoms with Crippen LogP contribution in [0.3, 0.4) is 0 Å². The molecule has 2 atom stereocenters. The van der Waals surface area contributed by atoms with Gasteiger partial charge in [0, 0.05) is 18.7 Å². The average Bonchev–Trinajstić information content (AvgIpc) is 2.93. The van der Waals surface area contributed by atoms with Crippen LogP contribution in [-0.4, -0.2) is 40.5 Å². The highest BCUT2D eigenvalue weighted by Gasteiger charge is 2.36. The van der Waals surface area contributed by atoms with Gasteiger partial charge in [-0.3, -0.25) is 9.69 Å². The number of phenols is 2. The summed E-state index contributed by atoms with van der Waals surface area (Å²) < 4.78 is 0. The van der Waals surface area contributed by atoms with E-state index in [1.807, 2.05) is 0 Å². The summed E-state index contributed by atoms with van der Waals surface area (Å²) in [6, 6.07) is 4.27. The molecule has 0 aromatic heterocycles. The lowest BCUT2D eigenvalue weighted by molar-refractivity contribution is 0.0940. The molecule has 0 amide bonds. The maximum Gasteiger partial charge on any atom is 0.176 e. The third-order valence-electron chi connectivity index (χ3n) is 4.47. The van der Waals surface area contributed by atoms with Crippen LogP contribution in [0.15, 0.2) is 18.2 Å². The Hall–Kier alpha value is -1.55. The zero-order valence-corrected chi connectivity index (χ0v) is 10.9. The number of nitrogens with zero attached hydrogens (tertiary/aromatic N) is 1. The second kappa shape index (κ2) is 4.85. The average molecular weight is 261 g/mol. The van der Waals surface area contributed by atoms with E-state index in [0.29, 0.717) is 12.1 Å². The smallest absolute Gasteiger partial charge is 0.176 e. The van der Waals surface area contributed by atoms with Gasteiger partial charge in [0.2, 0.25) is 0 Å². The Morgan fingerprint density at radius 1 is 1.16 bits per heavy atom. The summed E-state index contributed by atoms with van der Waals surface area (Å²) in [5.41, 5.74) is 0.465. The number of ketones is 1. The maximum atomic E-state index is 12.1. The van der Waals surface area contributed by atoms with E-state index in [9.17, 15) is 15.0 Å². The Morgan fingerprint density at radius 2 is 1.84 bits per heavy atom. The molecule has 3 rings (SSSR count). The van der Waals surface area contributed by atoms with Crippen molar-refractivity contribution in [3.63, 3.8) is 0 Å². The molecule has 2 fully saturated rings. The molecule has 1 aliphatic heterocycles. The van der Waals surface area contributed by atoms with E-state index in [2.05, 4.69) is 4.90 Å². The van der Waals surface area contributed by atoms with E-state index in [1.165, 1.54) is 31.4 Å². The quantitative estimate of drug-likeness (QED) is 0.645. The van der Waals surface area contributed by atoms with Crippen LogP contribution in [0.2, 0.25) is 0 Å². The number of Topliss-reactive ketones (excluding diaryl/α,β-unsaturated/α-hetero) is 1. The van der Waals surface area contributed by atoms with Gasteiger partial charge in [-0.15, -0.1) is 0 Å². The summed E-state index contributed by atoms with van der Waals surface area (Å²) in [4.78, 5) is 14.4. The number of benzene rings is 1. The van der Waals surface area contributed by atoms with Gasteiger partial charge in [-0.05, 0) is 42.9 Å². The molecule has 1 aliphatic carbocycles. The fourth-order valence-corrected chi connectivity index (χ4v) is 3.45. The molecule has 4 nitrogen and oxygen atoms in total. The number of aromatic hydroxyl groups is 2. The van der Waals surface area contributed by atoms with Gasteiger partial charge in [-0.25, -0.2) is 0 Å². The van der Waals surface area contributed by atoms with Crippen LogP contribution in [0.4, 0.5) is 0 Å². The Morgan fingerprint density at radius 3 is 2.47 bits per heavy atom. The molecular weight excluding hydrogens is 242 g/mol. The first kappa shape index (κ1) is 12.5. The lowest BCUT2D eigenvalue weighted by Gasteiger charge is -2.15. The number of likely N-dealkylation sites (tertiary alicyclic amines) is 1. The van der Waals surface area contributed by atoms with Crippen LogP contribution in [-0.2, 0) is 0 Å². The summed E-state index contributed by atoms with van der Waals surface area (Å²) >= 11 is 0. The Balaban J connectivity index is 1.63. The predicted octanol–water partition coefficient (Wildman–Crippen LogP) is 2.01. The number of carbonyl (C=O) groups excluding carboxylic acids is 1. The van der Waals surface area contributed by atoms with Gasteiger partial charge in [0.25, 0.3) is 0 Å². The fourth-order valence-electron chi connectivity index (χ4n) is 3.45. The van der Waals surface area contributed by atoms with Gasteiger partial charge in [-0.1, -0.05) is 6.42 Å². The molecule has 1 aromatic carbocycles. The van der Waals surface area contributed by atoms with E-state index in [1.54, 1.807) is 6.07 Å². The van der Waals surface area contributed by atoms with Crippen LogP contribution in [0, 0.1) is 11.8 Å². The summed E-state index contributed by atoms with van der Waals surface area (Å²) in [6.07, 6.45) is 3.94. The molecule has 1 heterocycles. The van der Waals surface area contributed by atoms with Crippen molar-refractivity contribution < 1.29 is 15.0 Å². The number of phenolic OH excluding ortho intramolecular Hbond substituents is 2. The SMILES string of the molecule is O=C(CN1CC2CCCC2C1)c1ccc(O)c(O)c1. The minimum Gasteiger partial charge on any atom is -0.504 e. The van der Waals surface area contributed by atoms with Crippen LogP contribution in [0.5, 0.6) is 11.5 Å². The summed E-state index contributed by atoms with van der Waals surface area (Å²) in [6.45, 7) is 2.47. The second-order valence-corrected chi connectivity index (χ2v) is 5.77. The van der Waals surface area contributed by atoms with Crippen molar-refractivity contribution in [3.8, 4) is 11.5 Å². The molecule has 0 spiro atoms. The standard InChI is InChI=1S/C15H19NO3/c17-13-5-4-10(6-14(13)18)15(19)9-16-7-11-2-1-3-12(11)8-16/h4-6,11-12,17-18H,1-3,7-9H2. The number of fused-ring (bicyclic) bond motifs is 1. The lowest BCUT2D eigenvalue weighted by atomic mass is 10.0. The molecule has 2 unspecified atom stereocenters. The Labute approximate surface area is 112 Å². The van der Waals surface area contributed by atoms with Crippen molar-refractivity contribution in [1.82, 2.24) is 4.90 Å². The van der Waals surface area contributed by atoms with Crippen molar-refractivity contribution in [2.24, 2.45) is 11.8 Å². The molecule has 1 saturated carbocycles. The first-order chi connectivity index (χ1) is 9.13. The van der Waals surface area contributed by atoms with E-state index >= 15 is 0 Å². The minimum absolute atomic E-state index is 0.00951. The van der Waals surface area contributed by atoms with Gasteiger partial charge in [0.15, 0.2) is 17.3 Å². The zero-order valence-electron chi connectivity index (χ0n) is 10.9. The number of hydrogen-bond donors (Lipinski definition) is 2. The molecule has 2 N–H and O–H groups in total. The highest BCUT2D eigenvalue weighted by atomic mass is 16.3. The molecule has 102 valence electrons. The van der Waals surface area contributed by atoms with Crippen molar-refractivity contribution in [1.29, 1.82) is 0 Å². The number of hydrogen-bond acceptors (Lipinski definition) is 4. The van der Waals surface area contributed by atoms with Gasteiger partial charge < -0.3 is 10.2 Å². The van der Waals surface area contributed by atoms with Crippen LogP contribution >= 0.6 is 0 Å². The second-order valence-electron chi connectivity index (χ2n) is 5.77. The van der Waals surface area contributed by atoms with Crippen molar-refractivity contribution in [2.45, 2.75) is 19.3 Å². The van der Waals surface area contributed by atoms with E-state index < -0.39 is 0 Å². The van der Waals surface area contributed by atoms with Gasteiger partial charge in [0.1, 0.15) is 0 Å². The fraction of sp³-hybridized carbons (Fsp3) is 0.533. The molecule has 19 heavy (non-hydrogen) atoms. The van der Waals surface area contributed by atoms with Crippen molar-refractivity contribution >= 4 is 5.78 Å². The normalized spacial score (nSPS) is 26.5. The van der Waals surface area contributed by atoms with Crippen molar-refractivity contribution in [3.05, 3.63) is 23.8 Å². The molecule has 0 bridgehead atoms. The third kappa shape index (κ3) is 2.45. The van der Waals surface area contributed by atoms with E-state index in [-0.39, 0.29) is 17.3 Å². The topological polar surface area (TPSA) is 60.8 Å². The number of rotatable bonds is 3. The molecular formula is C15H19NO3. The highest BCUT2D eigenvalue weighted by Crippen LogP contribution is 2.37. The first-order valence-corrected chi connectivity index (χ1v) is 6.91. The van der Waals surface area contributed by atoms with E-state index in [4.69, 9.17) is 0 Å². The first-order valence-electron chi connectivity index (χ1n) is 6.91. The largest absolute Gasteiger partial charge is 0.504 e. The summed E-state index contributed by atoms with van der Waals surface area (Å²) in [7, 11) is 0. The predicted molar refractivity (Wildman–Crippen MR) is 71.4 cm³/mol. The zero-order chi connectivity index (χ0) is 13.4. The molecule has 1 saturated heterocycles. The van der Waals surface area contributed by atoms with Gasteiger partial charge >= 0.3 is 0 Å². The maximum absolute atomic E-state index is 12.1. The molecule has 1 aromatic rings. The van der Waals surface area contributed by atoms with Crippen molar-refractivity contribution in [2.75, 3.05) is 19.6 Å². The Bertz CT molecular complexity index is 488. The minimum atomic E-state index is -0.232. The van der Waals surface area contributed by atoms with E-state index in [0.717, 1.165) is 24.9 Å². The summed E-state index contributed by atoms with van der Waals surface area (Å²) in [5.74, 6) is 1.15.